The van der Waals surface area contributed by atoms with Crippen LogP contribution in [0.3, 0.4) is 0 Å². The zero-order valence-electron chi connectivity index (χ0n) is 9.70. The Kier molecular flexibility index (Phi) is 3.76. The number of likely N-dealkylation sites (tertiary alicyclic amines) is 1. The van der Waals surface area contributed by atoms with Gasteiger partial charge in [0.15, 0.2) is 0 Å². The van der Waals surface area contributed by atoms with E-state index in [1.165, 1.54) is 0 Å². The van der Waals surface area contributed by atoms with Crippen molar-refractivity contribution in [1.29, 1.82) is 0 Å². The summed E-state index contributed by atoms with van der Waals surface area (Å²) in [5.74, 6) is 0.350. The Morgan fingerprint density at radius 1 is 1.71 bits per heavy atom. The van der Waals surface area contributed by atoms with Gasteiger partial charge in [0.25, 0.3) is 0 Å². The van der Waals surface area contributed by atoms with E-state index in [4.69, 9.17) is 0 Å². The first kappa shape index (κ1) is 12.5. The van der Waals surface area contributed by atoms with Crippen LogP contribution in [0.5, 0.6) is 0 Å². The van der Waals surface area contributed by atoms with Crippen LogP contribution in [0.1, 0.15) is 18.9 Å². The van der Waals surface area contributed by atoms with Crippen LogP contribution in [0.25, 0.3) is 0 Å². The minimum absolute atomic E-state index is 0.186. The number of β-amino-alcohol motifs (C(OH)–C–C–N with tert-alkyl or cyclic N) is 1. The van der Waals surface area contributed by atoms with Crippen LogP contribution >= 0.6 is 11.3 Å². The molecule has 2 heterocycles. The fourth-order valence-corrected chi connectivity index (χ4v) is 2.78. The van der Waals surface area contributed by atoms with Crippen LogP contribution in [0.15, 0.2) is 11.4 Å². The van der Waals surface area contributed by atoms with Gasteiger partial charge in [-0.05, 0) is 24.4 Å². The van der Waals surface area contributed by atoms with Gasteiger partial charge in [-0.15, -0.1) is 0 Å². The number of hydrogen-bond acceptors (Lipinski definition) is 5. The molecule has 2 rings (SSSR count). The van der Waals surface area contributed by atoms with Gasteiger partial charge in [0, 0.05) is 24.5 Å². The average Bonchev–Trinajstić information content (AvgIpc) is 2.72. The minimum atomic E-state index is -0.360. The summed E-state index contributed by atoms with van der Waals surface area (Å²) >= 11 is 1.16. The van der Waals surface area contributed by atoms with E-state index in [-0.39, 0.29) is 16.0 Å². The van der Waals surface area contributed by atoms with E-state index in [2.05, 4.69) is 11.8 Å². The number of aliphatic hydroxyl groups is 1. The summed E-state index contributed by atoms with van der Waals surface area (Å²) in [6.45, 7) is 4.35. The van der Waals surface area contributed by atoms with Crippen molar-refractivity contribution in [2.75, 3.05) is 13.1 Å². The van der Waals surface area contributed by atoms with Gasteiger partial charge in [0.05, 0.1) is 11.0 Å². The lowest BCUT2D eigenvalue weighted by molar-refractivity contribution is -0.380. The number of rotatable bonds is 3. The van der Waals surface area contributed by atoms with Gasteiger partial charge in [-0.25, -0.2) is 0 Å². The molecule has 1 aromatic heterocycles. The first-order valence-electron chi connectivity index (χ1n) is 5.68. The van der Waals surface area contributed by atoms with E-state index in [1.54, 1.807) is 6.07 Å². The van der Waals surface area contributed by atoms with Crippen LogP contribution < -0.4 is 0 Å². The lowest BCUT2D eigenvalue weighted by Crippen LogP contribution is -2.42. The first-order valence-corrected chi connectivity index (χ1v) is 6.56. The largest absolute Gasteiger partial charge is 0.392 e. The Balaban J connectivity index is 1.94. The lowest BCUT2D eigenvalue weighted by atomic mass is 9.96. The van der Waals surface area contributed by atoms with Gasteiger partial charge < -0.3 is 5.11 Å². The first-order chi connectivity index (χ1) is 8.06. The normalized spacial score (nSPS) is 26.0. The van der Waals surface area contributed by atoms with Crippen LogP contribution in [-0.4, -0.2) is 34.1 Å². The Morgan fingerprint density at radius 3 is 3.06 bits per heavy atom. The molecule has 0 aromatic carbocycles. The van der Waals surface area contributed by atoms with Crippen molar-refractivity contribution in [1.82, 2.24) is 4.90 Å². The molecule has 94 valence electrons. The Hall–Kier alpha value is -0.980. The zero-order valence-corrected chi connectivity index (χ0v) is 10.5. The summed E-state index contributed by atoms with van der Waals surface area (Å²) in [5.41, 5.74) is 0.962. The number of piperidine rings is 1. The molecule has 17 heavy (non-hydrogen) atoms. The number of aliphatic hydroxyl groups excluding tert-OH is 1. The molecule has 1 saturated heterocycles. The second kappa shape index (κ2) is 5.12. The van der Waals surface area contributed by atoms with Crippen molar-refractivity contribution in [3.8, 4) is 0 Å². The highest BCUT2D eigenvalue weighted by molar-refractivity contribution is 7.13. The smallest absolute Gasteiger partial charge is 0.324 e. The molecule has 0 radical (unpaired) electrons. The second-order valence-corrected chi connectivity index (χ2v) is 5.51. The molecule has 5 nitrogen and oxygen atoms in total. The van der Waals surface area contributed by atoms with Gasteiger partial charge in [-0.2, -0.15) is 0 Å². The van der Waals surface area contributed by atoms with Crippen LogP contribution in [0.2, 0.25) is 0 Å². The van der Waals surface area contributed by atoms with E-state index in [0.717, 1.165) is 29.9 Å². The van der Waals surface area contributed by atoms with Crippen molar-refractivity contribution >= 4 is 16.3 Å². The molecule has 1 fully saturated rings. The molecule has 0 aliphatic carbocycles. The predicted octanol–water partition coefficient (Wildman–Crippen LogP) is 1.86. The Morgan fingerprint density at radius 2 is 2.47 bits per heavy atom. The van der Waals surface area contributed by atoms with E-state index in [1.807, 2.05) is 5.38 Å². The van der Waals surface area contributed by atoms with E-state index in [0.29, 0.717) is 19.0 Å². The summed E-state index contributed by atoms with van der Waals surface area (Å²) in [7, 11) is 0. The monoisotopic (exact) mass is 256 g/mol. The highest BCUT2D eigenvalue weighted by Crippen LogP contribution is 2.25. The van der Waals surface area contributed by atoms with Gasteiger partial charge in [0.2, 0.25) is 0 Å². The molecule has 6 heteroatoms. The summed E-state index contributed by atoms with van der Waals surface area (Å²) in [4.78, 5) is 12.4. The van der Waals surface area contributed by atoms with E-state index >= 15 is 0 Å². The highest BCUT2D eigenvalue weighted by atomic mass is 32.1. The molecule has 1 aliphatic heterocycles. The molecule has 2 atom stereocenters. The third-order valence-electron chi connectivity index (χ3n) is 3.23. The second-order valence-electron chi connectivity index (χ2n) is 4.62. The van der Waals surface area contributed by atoms with Crippen LogP contribution in [-0.2, 0) is 6.54 Å². The highest BCUT2D eigenvalue weighted by Gasteiger charge is 2.24. The lowest BCUT2D eigenvalue weighted by Gasteiger charge is -2.33. The van der Waals surface area contributed by atoms with Gasteiger partial charge in [0.1, 0.15) is 0 Å². The number of hydrogen-bond donors (Lipinski definition) is 1. The van der Waals surface area contributed by atoms with Crippen molar-refractivity contribution < 1.29 is 10.0 Å². The molecule has 2 unspecified atom stereocenters. The predicted molar refractivity (Wildman–Crippen MR) is 66.0 cm³/mol. The molecule has 0 spiro atoms. The van der Waals surface area contributed by atoms with Crippen LogP contribution in [0.4, 0.5) is 5.00 Å². The van der Waals surface area contributed by atoms with Crippen molar-refractivity contribution in [2.24, 2.45) is 5.92 Å². The quantitative estimate of drug-likeness (QED) is 0.662. The fourth-order valence-electron chi connectivity index (χ4n) is 2.06. The van der Waals surface area contributed by atoms with Gasteiger partial charge >= 0.3 is 5.00 Å². The molecular formula is C11H16N2O3S. The molecule has 0 bridgehead atoms. The molecule has 0 saturated carbocycles. The summed E-state index contributed by atoms with van der Waals surface area (Å²) in [6.07, 6.45) is 0.699. The maximum Gasteiger partial charge on any atom is 0.324 e. The maximum atomic E-state index is 10.6. The molecule has 1 N–H and O–H groups in total. The summed E-state index contributed by atoms with van der Waals surface area (Å²) in [6, 6.07) is 1.62. The molecule has 1 aliphatic rings. The third-order valence-corrected chi connectivity index (χ3v) is 4.16. The maximum absolute atomic E-state index is 10.6. The Labute approximate surface area is 104 Å². The number of nitrogens with zero attached hydrogens (tertiary/aromatic N) is 2. The van der Waals surface area contributed by atoms with E-state index < -0.39 is 0 Å². The van der Waals surface area contributed by atoms with E-state index in [9.17, 15) is 15.2 Å². The summed E-state index contributed by atoms with van der Waals surface area (Å²) < 4.78 is 0. The summed E-state index contributed by atoms with van der Waals surface area (Å²) in [5, 5.41) is 22.3. The number of thiophene rings is 1. The standard InChI is InChI=1S/C11H16N2O3S/c1-8-2-3-12(6-10(8)14)5-9-4-11(13(15)16)17-7-9/h4,7-8,10,14H,2-3,5-6H2,1H3. The topological polar surface area (TPSA) is 66.6 Å². The van der Waals surface area contributed by atoms with Crippen molar-refractivity contribution in [3.05, 3.63) is 27.1 Å². The molecule has 1 aromatic rings. The average molecular weight is 256 g/mol. The van der Waals surface area contributed by atoms with Gasteiger partial charge in [-0.3, -0.25) is 15.0 Å². The van der Waals surface area contributed by atoms with Crippen molar-refractivity contribution in [2.45, 2.75) is 26.0 Å². The fraction of sp³-hybridized carbons (Fsp3) is 0.636. The molecule has 0 amide bonds. The third kappa shape index (κ3) is 3.02. The SMILES string of the molecule is CC1CCN(Cc2csc([N+](=O)[O-])c2)CC1O. The van der Waals surface area contributed by atoms with Crippen LogP contribution in [0, 0.1) is 16.0 Å². The molecular weight excluding hydrogens is 240 g/mol. The zero-order chi connectivity index (χ0) is 12.4. The minimum Gasteiger partial charge on any atom is -0.392 e. The number of nitro groups is 1. The van der Waals surface area contributed by atoms with Gasteiger partial charge in [-0.1, -0.05) is 18.3 Å². The van der Waals surface area contributed by atoms with Crippen molar-refractivity contribution in [3.63, 3.8) is 0 Å². The Bertz CT molecular complexity index is 407.